The number of hydrogen-bond donors (Lipinski definition) is 2. The molecule has 32 heavy (non-hydrogen) atoms. The molecule has 0 saturated carbocycles. The van der Waals surface area contributed by atoms with E-state index in [0.717, 1.165) is 28.0 Å². The number of imidazole rings is 1. The van der Waals surface area contributed by atoms with Crippen molar-refractivity contribution in [1.82, 2.24) is 19.5 Å². The molecule has 2 N–H and O–H groups in total. The Bertz CT molecular complexity index is 1250. The van der Waals surface area contributed by atoms with Crippen molar-refractivity contribution < 1.29 is 14.9 Å². The number of rotatable bonds is 3. The van der Waals surface area contributed by atoms with E-state index < -0.39 is 12.2 Å². The predicted octanol–water partition coefficient (Wildman–Crippen LogP) is 2.15. The summed E-state index contributed by atoms with van der Waals surface area (Å²) in [5.74, 6) is 1.43. The van der Waals surface area contributed by atoms with Gasteiger partial charge in [-0.1, -0.05) is 36.4 Å². The minimum absolute atomic E-state index is 0.0758. The first-order valence-electron chi connectivity index (χ1n) is 10.7. The van der Waals surface area contributed by atoms with E-state index in [9.17, 15) is 10.2 Å². The second-order valence-electron chi connectivity index (χ2n) is 8.35. The smallest absolute Gasteiger partial charge is 0.225 e. The second-order valence-corrected chi connectivity index (χ2v) is 8.35. The molecule has 2 aliphatic heterocycles. The van der Waals surface area contributed by atoms with Crippen LogP contribution in [0.2, 0.25) is 0 Å². The van der Waals surface area contributed by atoms with Gasteiger partial charge in [0.05, 0.1) is 35.9 Å². The fourth-order valence-electron chi connectivity index (χ4n) is 4.60. The molecule has 0 radical (unpaired) electrons. The fraction of sp³-hybridized carbons (Fsp3) is 0.292. The van der Waals surface area contributed by atoms with Gasteiger partial charge in [-0.15, -0.1) is 0 Å². The van der Waals surface area contributed by atoms with Gasteiger partial charge < -0.3 is 24.4 Å². The minimum atomic E-state index is -0.768. The van der Waals surface area contributed by atoms with Gasteiger partial charge in [0.1, 0.15) is 12.4 Å². The Morgan fingerprint density at radius 1 is 0.906 bits per heavy atom. The van der Waals surface area contributed by atoms with Crippen molar-refractivity contribution in [2.24, 2.45) is 0 Å². The normalized spacial score (nSPS) is 22.9. The number of anilines is 1. The summed E-state index contributed by atoms with van der Waals surface area (Å²) in [4.78, 5) is 15.5. The molecule has 1 saturated heterocycles. The Labute approximate surface area is 184 Å². The third-order valence-electron chi connectivity index (χ3n) is 6.28. The zero-order valence-corrected chi connectivity index (χ0v) is 17.4. The van der Waals surface area contributed by atoms with Gasteiger partial charge in [0.25, 0.3) is 0 Å². The maximum Gasteiger partial charge on any atom is 0.225 e. The molecular weight excluding hydrogens is 406 g/mol. The van der Waals surface area contributed by atoms with Crippen molar-refractivity contribution in [2.45, 2.75) is 24.9 Å². The van der Waals surface area contributed by atoms with E-state index in [4.69, 9.17) is 9.72 Å². The van der Waals surface area contributed by atoms with Gasteiger partial charge in [-0.3, -0.25) is 0 Å². The Kier molecular flexibility index (Phi) is 4.64. The average Bonchev–Trinajstić information content (AvgIpc) is 3.38. The van der Waals surface area contributed by atoms with Crippen molar-refractivity contribution in [3.8, 4) is 11.1 Å². The molecule has 0 spiro atoms. The Hall–Kier alpha value is -3.33. The summed E-state index contributed by atoms with van der Waals surface area (Å²) in [6.45, 7) is 1.77. The average molecular weight is 429 g/mol. The van der Waals surface area contributed by atoms with Crippen LogP contribution < -0.4 is 4.90 Å². The second kappa shape index (κ2) is 7.67. The molecule has 8 heteroatoms. The highest BCUT2D eigenvalue weighted by Gasteiger charge is 2.31. The summed E-state index contributed by atoms with van der Waals surface area (Å²) in [5.41, 5.74) is 5.10. The summed E-state index contributed by atoms with van der Waals surface area (Å²) in [6, 6.07) is 16.6. The van der Waals surface area contributed by atoms with E-state index in [2.05, 4.69) is 32.7 Å². The van der Waals surface area contributed by atoms with Crippen LogP contribution in [0.15, 0.2) is 60.9 Å². The maximum absolute atomic E-state index is 9.78. The topological polar surface area (TPSA) is 96.5 Å². The van der Waals surface area contributed by atoms with Gasteiger partial charge in [0.15, 0.2) is 0 Å². The van der Waals surface area contributed by atoms with Crippen LogP contribution in [0.1, 0.15) is 17.4 Å². The van der Waals surface area contributed by atoms with E-state index in [-0.39, 0.29) is 6.04 Å². The summed E-state index contributed by atoms with van der Waals surface area (Å²) < 4.78 is 8.12. The monoisotopic (exact) mass is 429 g/mol. The molecule has 0 aliphatic carbocycles. The van der Waals surface area contributed by atoms with E-state index in [0.29, 0.717) is 32.3 Å². The molecule has 2 aliphatic rings. The number of hydrogen-bond acceptors (Lipinski definition) is 7. The lowest BCUT2D eigenvalue weighted by Crippen LogP contribution is -2.24. The van der Waals surface area contributed by atoms with Crippen LogP contribution in [0.5, 0.6) is 0 Å². The van der Waals surface area contributed by atoms with Gasteiger partial charge in [0, 0.05) is 31.0 Å². The number of aliphatic hydroxyl groups excluding tert-OH is 2. The third kappa shape index (κ3) is 3.24. The number of β-amino-alcohol motifs (C(OH)–C–C–N with tert-alkyl or cyclic N) is 2. The molecule has 0 bridgehead atoms. The van der Waals surface area contributed by atoms with Crippen molar-refractivity contribution in [3.63, 3.8) is 0 Å². The Morgan fingerprint density at radius 2 is 1.66 bits per heavy atom. The number of fused-ring (bicyclic) bond motifs is 3. The molecule has 162 valence electrons. The lowest BCUT2D eigenvalue weighted by molar-refractivity contribution is 0.0572. The SMILES string of the molecule is O[C@H]1CN(c2ncc(-c3ccc4nc5n(c4c3)[C@@H](c3ccccc3)COC5)cn2)C[C@@H]1O. The van der Waals surface area contributed by atoms with Gasteiger partial charge in [-0.25, -0.2) is 15.0 Å². The summed E-state index contributed by atoms with van der Waals surface area (Å²) in [7, 11) is 0. The standard InChI is InChI=1S/C24H23N5O3/c30-21-11-28(12-22(21)31)24-25-9-17(10-26-24)16-6-7-18-19(8-16)29-20(13-32-14-23(29)27-18)15-4-2-1-3-5-15/h1-10,20-22,30-31H,11-14H2/t20-,21+,22+/m1/s1. The van der Waals surface area contributed by atoms with Gasteiger partial charge in [-0.05, 0) is 23.3 Å². The number of ether oxygens (including phenoxy) is 1. The Morgan fingerprint density at radius 3 is 2.41 bits per heavy atom. The molecule has 2 aromatic carbocycles. The van der Waals surface area contributed by atoms with Crippen molar-refractivity contribution in [3.05, 3.63) is 72.3 Å². The van der Waals surface area contributed by atoms with Crippen molar-refractivity contribution >= 4 is 17.0 Å². The molecule has 6 rings (SSSR count). The quantitative estimate of drug-likeness (QED) is 0.515. The van der Waals surface area contributed by atoms with Gasteiger partial charge >= 0.3 is 0 Å². The van der Waals surface area contributed by atoms with E-state index in [1.807, 2.05) is 30.3 Å². The molecule has 3 atom stereocenters. The largest absolute Gasteiger partial charge is 0.388 e. The summed E-state index contributed by atoms with van der Waals surface area (Å²) in [5, 5.41) is 19.6. The highest BCUT2D eigenvalue weighted by atomic mass is 16.5. The van der Waals surface area contributed by atoms with Crippen LogP contribution in [-0.4, -0.2) is 61.6 Å². The summed E-state index contributed by atoms with van der Waals surface area (Å²) in [6.07, 6.45) is 2.03. The first-order valence-corrected chi connectivity index (χ1v) is 10.7. The lowest BCUT2D eigenvalue weighted by Gasteiger charge is -2.26. The first kappa shape index (κ1) is 19.4. The van der Waals surface area contributed by atoms with Crippen LogP contribution >= 0.6 is 0 Å². The molecule has 4 heterocycles. The molecule has 0 unspecified atom stereocenters. The molecule has 1 fully saturated rings. The number of nitrogens with zero attached hydrogens (tertiary/aromatic N) is 5. The predicted molar refractivity (Wildman–Crippen MR) is 119 cm³/mol. The molecular formula is C24H23N5O3. The Balaban J connectivity index is 1.36. The van der Waals surface area contributed by atoms with Crippen LogP contribution in [0.25, 0.3) is 22.2 Å². The number of aliphatic hydroxyl groups is 2. The first-order chi connectivity index (χ1) is 15.7. The van der Waals surface area contributed by atoms with Crippen LogP contribution in [0, 0.1) is 0 Å². The van der Waals surface area contributed by atoms with Crippen LogP contribution in [0.3, 0.4) is 0 Å². The van der Waals surface area contributed by atoms with E-state index in [1.54, 1.807) is 17.3 Å². The molecule has 2 aromatic heterocycles. The zero-order chi connectivity index (χ0) is 21.7. The molecule has 8 nitrogen and oxygen atoms in total. The number of aromatic nitrogens is 4. The van der Waals surface area contributed by atoms with Crippen molar-refractivity contribution in [2.75, 3.05) is 24.6 Å². The third-order valence-corrected chi connectivity index (χ3v) is 6.28. The maximum atomic E-state index is 9.78. The van der Waals surface area contributed by atoms with E-state index in [1.165, 1.54) is 5.56 Å². The van der Waals surface area contributed by atoms with Gasteiger partial charge in [-0.2, -0.15) is 0 Å². The van der Waals surface area contributed by atoms with Crippen LogP contribution in [-0.2, 0) is 11.3 Å². The highest BCUT2D eigenvalue weighted by Crippen LogP contribution is 2.32. The highest BCUT2D eigenvalue weighted by molar-refractivity contribution is 5.83. The van der Waals surface area contributed by atoms with Gasteiger partial charge in [0.2, 0.25) is 5.95 Å². The summed E-state index contributed by atoms with van der Waals surface area (Å²) >= 11 is 0. The van der Waals surface area contributed by atoms with Crippen LogP contribution in [0.4, 0.5) is 5.95 Å². The zero-order valence-electron chi connectivity index (χ0n) is 17.4. The minimum Gasteiger partial charge on any atom is -0.388 e. The lowest BCUT2D eigenvalue weighted by atomic mass is 10.1. The molecule has 4 aromatic rings. The fourth-order valence-corrected chi connectivity index (χ4v) is 4.60. The van der Waals surface area contributed by atoms with E-state index >= 15 is 0 Å². The van der Waals surface area contributed by atoms with Crippen molar-refractivity contribution in [1.29, 1.82) is 0 Å². The number of benzene rings is 2. The molecule has 0 amide bonds.